The fraction of sp³-hybridized carbons (Fsp3) is 0.529. The Hall–Kier alpha value is -2.09. The van der Waals surface area contributed by atoms with Gasteiger partial charge in [0.25, 0.3) is 0 Å². The molecule has 0 aliphatic carbocycles. The van der Waals surface area contributed by atoms with Crippen molar-refractivity contribution in [2.75, 3.05) is 26.0 Å². The highest BCUT2D eigenvalue weighted by Crippen LogP contribution is 2.18. The first-order valence-corrected chi connectivity index (χ1v) is 10.1. The number of aliphatic carboxylic acids is 1. The number of hydrogen-bond donors (Lipinski definition) is 1. The van der Waals surface area contributed by atoms with E-state index in [9.17, 15) is 18.0 Å². The Balaban J connectivity index is 1.65. The predicted octanol–water partition coefficient (Wildman–Crippen LogP) is 1.57. The Morgan fingerprint density at radius 2 is 1.92 bits per heavy atom. The van der Waals surface area contributed by atoms with Gasteiger partial charge >= 0.3 is 5.97 Å². The van der Waals surface area contributed by atoms with Crippen LogP contribution in [-0.2, 0) is 19.4 Å². The van der Waals surface area contributed by atoms with Gasteiger partial charge in [0, 0.05) is 25.8 Å². The summed E-state index contributed by atoms with van der Waals surface area (Å²) in [5.74, 6) is -0.711. The van der Waals surface area contributed by atoms with E-state index in [-0.39, 0.29) is 10.8 Å². The molecule has 25 heavy (non-hydrogen) atoms. The first kappa shape index (κ1) is 19.2. The second-order valence-corrected chi connectivity index (χ2v) is 8.23. The number of carboxylic acid groups (broad SMARTS) is 1. The topological polar surface area (TPSA) is 101 Å². The Morgan fingerprint density at radius 3 is 2.48 bits per heavy atom. The summed E-state index contributed by atoms with van der Waals surface area (Å²) >= 11 is 0. The van der Waals surface area contributed by atoms with E-state index < -0.39 is 21.7 Å². The highest BCUT2D eigenvalue weighted by molar-refractivity contribution is 7.90. The Morgan fingerprint density at radius 1 is 1.24 bits per heavy atom. The van der Waals surface area contributed by atoms with Crippen LogP contribution in [0.2, 0.25) is 0 Å². The summed E-state index contributed by atoms with van der Waals surface area (Å²) < 4.78 is 28.3. The monoisotopic (exact) mass is 369 g/mol. The van der Waals surface area contributed by atoms with Gasteiger partial charge in [0.2, 0.25) is 5.91 Å². The molecule has 1 aliphatic heterocycles. The molecule has 0 spiro atoms. The minimum Gasteiger partial charge on any atom is -0.494 e. The van der Waals surface area contributed by atoms with E-state index in [0.717, 1.165) is 6.26 Å². The third-order valence-electron chi connectivity index (χ3n) is 4.20. The van der Waals surface area contributed by atoms with Crippen LogP contribution < -0.4 is 4.74 Å². The van der Waals surface area contributed by atoms with Gasteiger partial charge in [-0.1, -0.05) is 0 Å². The van der Waals surface area contributed by atoms with Crippen molar-refractivity contribution < 1.29 is 27.9 Å². The Bertz CT molecular complexity index is 713. The highest BCUT2D eigenvalue weighted by Gasteiger charge is 2.30. The molecule has 2 rings (SSSR count). The molecule has 8 heteroatoms. The van der Waals surface area contributed by atoms with Gasteiger partial charge < -0.3 is 14.7 Å². The van der Waals surface area contributed by atoms with Crippen molar-refractivity contribution in [1.29, 1.82) is 0 Å². The van der Waals surface area contributed by atoms with E-state index in [1.807, 2.05) is 0 Å². The molecule has 1 aromatic carbocycles. The van der Waals surface area contributed by atoms with Crippen LogP contribution in [0.1, 0.15) is 25.7 Å². The van der Waals surface area contributed by atoms with Crippen LogP contribution in [-0.4, -0.2) is 56.3 Å². The highest BCUT2D eigenvalue weighted by atomic mass is 32.2. The molecule has 1 saturated heterocycles. The van der Waals surface area contributed by atoms with E-state index in [1.54, 1.807) is 17.0 Å². The second kappa shape index (κ2) is 8.33. The lowest BCUT2D eigenvalue weighted by molar-refractivity contribution is -0.141. The molecule has 0 bridgehead atoms. The number of ether oxygens (including phenoxy) is 1. The molecule has 0 unspecified atom stereocenters. The van der Waals surface area contributed by atoms with Crippen LogP contribution in [0.4, 0.5) is 0 Å². The Labute approximate surface area is 147 Å². The predicted molar refractivity (Wildman–Crippen MR) is 91.2 cm³/mol. The molecule has 1 aromatic rings. The summed E-state index contributed by atoms with van der Waals surface area (Å²) in [4.78, 5) is 24.8. The summed E-state index contributed by atoms with van der Waals surface area (Å²) in [6.07, 6.45) is 3.40. The maximum atomic E-state index is 12.0. The second-order valence-electron chi connectivity index (χ2n) is 6.21. The number of amides is 1. The fourth-order valence-corrected chi connectivity index (χ4v) is 3.33. The van der Waals surface area contributed by atoms with Crippen molar-refractivity contribution in [2.45, 2.75) is 30.6 Å². The minimum absolute atomic E-state index is 0.0127. The van der Waals surface area contributed by atoms with Crippen LogP contribution in [0, 0.1) is 5.92 Å². The molecular weight excluding hydrogens is 346 g/mol. The summed E-state index contributed by atoms with van der Waals surface area (Å²) in [6.45, 7) is 1.25. The number of sulfone groups is 1. The zero-order chi connectivity index (χ0) is 18.4. The van der Waals surface area contributed by atoms with E-state index in [2.05, 4.69) is 0 Å². The standard InChI is InChI=1S/C17H23NO6S/c1-25(22,23)15-7-5-14(6-8-15)24-11-3-2-4-16(19)18-10-9-13(12-18)17(20)21/h5-8,13H,2-4,9-12H2,1H3,(H,20,21)/t13-/m1/s1. The maximum Gasteiger partial charge on any atom is 0.308 e. The number of nitrogens with zero attached hydrogens (tertiary/aromatic N) is 1. The minimum atomic E-state index is -3.21. The van der Waals surface area contributed by atoms with Crippen LogP contribution >= 0.6 is 0 Å². The molecule has 0 radical (unpaired) electrons. The Kier molecular flexibility index (Phi) is 6.41. The lowest BCUT2D eigenvalue weighted by atomic mass is 10.1. The van der Waals surface area contributed by atoms with Crippen LogP contribution in [0.25, 0.3) is 0 Å². The van der Waals surface area contributed by atoms with Crippen molar-refractivity contribution >= 4 is 21.7 Å². The molecular formula is C17H23NO6S. The molecule has 0 aromatic heterocycles. The summed E-state index contributed by atoms with van der Waals surface area (Å²) in [5, 5.41) is 8.94. The van der Waals surface area contributed by atoms with Crippen molar-refractivity contribution in [3.63, 3.8) is 0 Å². The fourth-order valence-electron chi connectivity index (χ4n) is 2.70. The lowest BCUT2D eigenvalue weighted by Gasteiger charge is -2.15. The average molecular weight is 369 g/mol. The van der Waals surface area contributed by atoms with Crippen molar-refractivity contribution in [1.82, 2.24) is 4.90 Å². The molecule has 1 fully saturated rings. The van der Waals surface area contributed by atoms with Crippen LogP contribution in [0.5, 0.6) is 5.75 Å². The first-order valence-electron chi connectivity index (χ1n) is 8.21. The van der Waals surface area contributed by atoms with E-state index in [0.29, 0.717) is 51.1 Å². The number of unbranched alkanes of at least 4 members (excludes halogenated alkanes) is 1. The molecule has 1 heterocycles. The van der Waals surface area contributed by atoms with E-state index in [4.69, 9.17) is 9.84 Å². The molecule has 0 saturated carbocycles. The number of hydrogen-bond acceptors (Lipinski definition) is 5. The van der Waals surface area contributed by atoms with Crippen molar-refractivity contribution in [3.05, 3.63) is 24.3 Å². The first-order chi connectivity index (χ1) is 11.8. The largest absolute Gasteiger partial charge is 0.494 e. The molecule has 1 amide bonds. The van der Waals surface area contributed by atoms with Gasteiger partial charge in [0.1, 0.15) is 5.75 Å². The average Bonchev–Trinajstić information content (AvgIpc) is 3.04. The molecule has 7 nitrogen and oxygen atoms in total. The number of likely N-dealkylation sites (tertiary alicyclic amines) is 1. The number of carbonyl (C=O) groups is 2. The third-order valence-corrected chi connectivity index (χ3v) is 5.32. The van der Waals surface area contributed by atoms with Gasteiger partial charge in [-0.15, -0.1) is 0 Å². The molecule has 1 atom stereocenters. The normalized spacial score (nSPS) is 17.5. The zero-order valence-corrected chi connectivity index (χ0v) is 15.0. The van der Waals surface area contributed by atoms with Gasteiger partial charge in [-0.3, -0.25) is 9.59 Å². The summed E-state index contributed by atoms with van der Waals surface area (Å²) in [5.41, 5.74) is 0. The van der Waals surface area contributed by atoms with Crippen molar-refractivity contribution in [2.24, 2.45) is 5.92 Å². The number of benzene rings is 1. The summed E-state index contributed by atoms with van der Waals surface area (Å²) in [7, 11) is -3.21. The third kappa shape index (κ3) is 5.74. The lowest BCUT2D eigenvalue weighted by Crippen LogP contribution is -2.29. The smallest absolute Gasteiger partial charge is 0.308 e. The van der Waals surface area contributed by atoms with E-state index in [1.165, 1.54) is 12.1 Å². The van der Waals surface area contributed by atoms with Gasteiger partial charge in [-0.05, 0) is 43.5 Å². The molecule has 1 N–H and O–H groups in total. The molecule has 138 valence electrons. The van der Waals surface area contributed by atoms with Gasteiger partial charge in [0.15, 0.2) is 9.84 Å². The maximum absolute atomic E-state index is 12.0. The number of rotatable bonds is 8. The van der Waals surface area contributed by atoms with Crippen molar-refractivity contribution in [3.8, 4) is 5.75 Å². The van der Waals surface area contributed by atoms with Gasteiger partial charge in [0.05, 0.1) is 17.4 Å². The SMILES string of the molecule is CS(=O)(=O)c1ccc(OCCCCC(=O)N2CC[C@@H](C(=O)O)C2)cc1. The van der Waals surface area contributed by atoms with E-state index >= 15 is 0 Å². The van der Waals surface area contributed by atoms with Crippen LogP contribution in [0.15, 0.2) is 29.2 Å². The summed E-state index contributed by atoms with van der Waals surface area (Å²) in [6, 6.07) is 6.22. The van der Waals surface area contributed by atoms with Gasteiger partial charge in [-0.2, -0.15) is 0 Å². The molecule has 1 aliphatic rings. The zero-order valence-electron chi connectivity index (χ0n) is 14.2. The number of carbonyl (C=O) groups excluding carboxylic acids is 1. The van der Waals surface area contributed by atoms with Crippen LogP contribution in [0.3, 0.4) is 0 Å². The van der Waals surface area contributed by atoms with Gasteiger partial charge in [-0.25, -0.2) is 8.42 Å². The number of carboxylic acids is 1. The quantitative estimate of drug-likeness (QED) is 0.698.